The highest BCUT2D eigenvalue weighted by atomic mass is 32.2. The molecular formula is C23H21N3O2S2. The first-order chi connectivity index (χ1) is 14.6. The minimum atomic E-state index is -0.171. The number of aromatic nitrogens is 2. The Morgan fingerprint density at radius 2 is 1.80 bits per heavy atom. The minimum absolute atomic E-state index is 0.0778. The molecule has 5 nitrogen and oxygen atoms in total. The maximum atomic E-state index is 12.8. The van der Waals surface area contributed by atoms with Gasteiger partial charge in [0.15, 0.2) is 5.16 Å². The molecule has 152 valence electrons. The molecule has 30 heavy (non-hydrogen) atoms. The first-order valence-corrected chi connectivity index (χ1v) is 11.4. The van der Waals surface area contributed by atoms with Gasteiger partial charge in [-0.1, -0.05) is 72.4 Å². The summed E-state index contributed by atoms with van der Waals surface area (Å²) in [7, 11) is 0. The number of nitrogens with zero attached hydrogens (tertiary/aromatic N) is 1. The Balaban J connectivity index is 1.43. The van der Waals surface area contributed by atoms with Crippen LogP contribution in [0.15, 0.2) is 70.6 Å². The molecule has 0 aliphatic carbocycles. The fraction of sp³-hybridized carbons (Fsp3) is 0.174. The van der Waals surface area contributed by atoms with E-state index in [1.165, 1.54) is 28.7 Å². The molecule has 0 aliphatic heterocycles. The summed E-state index contributed by atoms with van der Waals surface area (Å²) in [5.74, 6) is 0.130. The van der Waals surface area contributed by atoms with Crippen LogP contribution in [0, 0.1) is 6.92 Å². The zero-order valence-corrected chi connectivity index (χ0v) is 18.1. The summed E-state index contributed by atoms with van der Waals surface area (Å²) in [4.78, 5) is 34.1. The molecule has 0 saturated carbocycles. The van der Waals surface area contributed by atoms with Crippen LogP contribution in [0.5, 0.6) is 0 Å². The summed E-state index contributed by atoms with van der Waals surface area (Å²) >= 11 is 2.75. The number of H-pyrrole nitrogens is 1. The molecule has 2 aromatic carbocycles. The highest BCUT2D eigenvalue weighted by Gasteiger charge is 2.17. The second kappa shape index (κ2) is 9.28. The number of aryl methyl sites for hydroxylation is 1. The van der Waals surface area contributed by atoms with E-state index >= 15 is 0 Å². The summed E-state index contributed by atoms with van der Waals surface area (Å²) in [6.07, 6.45) is 0.787. The van der Waals surface area contributed by atoms with Crippen LogP contribution in [0.2, 0.25) is 0 Å². The number of thiophene rings is 1. The minimum Gasteiger partial charge on any atom is -0.355 e. The molecule has 7 heteroatoms. The Labute approximate surface area is 182 Å². The molecule has 4 rings (SSSR count). The maximum Gasteiger partial charge on any atom is 0.260 e. The Bertz CT molecular complexity index is 1220. The van der Waals surface area contributed by atoms with Gasteiger partial charge in [0.25, 0.3) is 5.56 Å². The predicted octanol–water partition coefficient (Wildman–Crippen LogP) is 4.41. The molecule has 0 radical (unpaired) electrons. The van der Waals surface area contributed by atoms with Gasteiger partial charge < -0.3 is 10.3 Å². The zero-order valence-electron chi connectivity index (χ0n) is 16.5. The van der Waals surface area contributed by atoms with Crippen LogP contribution >= 0.6 is 23.1 Å². The van der Waals surface area contributed by atoms with Gasteiger partial charge in [0.2, 0.25) is 5.91 Å². The van der Waals surface area contributed by atoms with E-state index in [1.807, 2.05) is 67.6 Å². The lowest BCUT2D eigenvalue weighted by atomic mass is 10.0. The van der Waals surface area contributed by atoms with E-state index < -0.39 is 0 Å². The number of nitrogens with one attached hydrogen (secondary N) is 2. The molecule has 2 aromatic heterocycles. The van der Waals surface area contributed by atoms with Gasteiger partial charge in [0, 0.05) is 17.0 Å². The predicted molar refractivity (Wildman–Crippen MR) is 124 cm³/mol. The molecule has 4 aromatic rings. The Morgan fingerprint density at radius 3 is 2.53 bits per heavy atom. The van der Waals surface area contributed by atoms with Crippen LogP contribution in [0.3, 0.4) is 0 Å². The van der Waals surface area contributed by atoms with Gasteiger partial charge >= 0.3 is 0 Å². The highest BCUT2D eigenvalue weighted by molar-refractivity contribution is 7.99. The van der Waals surface area contributed by atoms with Gasteiger partial charge in [-0.3, -0.25) is 9.59 Å². The fourth-order valence-corrected chi connectivity index (χ4v) is 5.09. The van der Waals surface area contributed by atoms with Crippen molar-refractivity contribution >= 4 is 39.2 Å². The normalized spacial score (nSPS) is 11.0. The van der Waals surface area contributed by atoms with Crippen molar-refractivity contribution in [3.63, 3.8) is 0 Å². The number of amides is 1. The lowest BCUT2D eigenvalue weighted by Crippen LogP contribution is -2.27. The van der Waals surface area contributed by atoms with Crippen molar-refractivity contribution in [1.29, 1.82) is 0 Å². The van der Waals surface area contributed by atoms with E-state index in [0.717, 1.165) is 22.4 Å². The third-order valence-electron chi connectivity index (χ3n) is 4.70. The average molecular weight is 436 g/mol. The van der Waals surface area contributed by atoms with Crippen LogP contribution in [0.1, 0.15) is 10.4 Å². The molecule has 0 bridgehead atoms. The van der Waals surface area contributed by atoms with E-state index in [-0.39, 0.29) is 17.2 Å². The highest BCUT2D eigenvalue weighted by Crippen LogP contribution is 2.35. The number of thioether (sulfide) groups is 1. The Morgan fingerprint density at radius 1 is 1.10 bits per heavy atom. The first-order valence-electron chi connectivity index (χ1n) is 9.64. The number of carbonyl (C=O) groups is 1. The van der Waals surface area contributed by atoms with Crippen molar-refractivity contribution in [2.24, 2.45) is 0 Å². The van der Waals surface area contributed by atoms with Crippen LogP contribution in [-0.2, 0) is 11.2 Å². The third kappa shape index (κ3) is 4.63. The summed E-state index contributed by atoms with van der Waals surface area (Å²) in [5.41, 5.74) is 2.95. The SMILES string of the molecule is Cc1sc2nc(SCC(=O)NCCc3ccccc3)[nH]c(=O)c2c1-c1ccccc1. The smallest absolute Gasteiger partial charge is 0.260 e. The van der Waals surface area contributed by atoms with E-state index in [9.17, 15) is 9.59 Å². The zero-order chi connectivity index (χ0) is 20.9. The summed E-state index contributed by atoms with van der Waals surface area (Å²) in [6.45, 7) is 2.58. The van der Waals surface area contributed by atoms with Gasteiger partial charge in [0.1, 0.15) is 4.83 Å². The molecule has 0 fully saturated rings. The second-order valence-electron chi connectivity index (χ2n) is 6.82. The van der Waals surface area contributed by atoms with Crippen molar-refractivity contribution in [2.45, 2.75) is 18.5 Å². The van der Waals surface area contributed by atoms with Gasteiger partial charge in [-0.15, -0.1) is 11.3 Å². The lowest BCUT2D eigenvalue weighted by molar-refractivity contribution is -0.118. The second-order valence-corrected chi connectivity index (χ2v) is 8.99. The van der Waals surface area contributed by atoms with Gasteiger partial charge in [0.05, 0.1) is 11.1 Å². The van der Waals surface area contributed by atoms with Crippen LogP contribution in [0.4, 0.5) is 0 Å². The molecule has 0 spiro atoms. The fourth-order valence-electron chi connectivity index (χ4n) is 3.30. The van der Waals surface area contributed by atoms with E-state index in [1.54, 1.807) is 0 Å². The number of aromatic amines is 1. The van der Waals surface area contributed by atoms with Gasteiger partial charge in [-0.05, 0) is 24.5 Å². The van der Waals surface area contributed by atoms with Crippen molar-refractivity contribution in [2.75, 3.05) is 12.3 Å². The molecule has 0 unspecified atom stereocenters. The molecule has 0 saturated heterocycles. The molecule has 1 amide bonds. The van der Waals surface area contributed by atoms with Crippen LogP contribution < -0.4 is 10.9 Å². The third-order valence-corrected chi connectivity index (χ3v) is 6.57. The molecular weight excluding hydrogens is 414 g/mol. The van der Waals surface area contributed by atoms with Gasteiger partial charge in [-0.25, -0.2) is 4.98 Å². The molecule has 2 N–H and O–H groups in total. The topological polar surface area (TPSA) is 74.8 Å². The van der Waals surface area contributed by atoms with Crippen molar-refractivity contribution in [1.82, 2.24) is 15.3 Å². The van der Waals surface area contributed by atoms with E-state index in [2.05, 4.69) is 15.3 Å². The first kappa shape index (κ1) is 20.4. The number of hydrogen-bond acceptors (Lipinski definition) is 5. The average Bonchev–Trinajstić information content (AvgIpc) is 3.10. The quantitative estimate of drug-likeness (QED) is 0.333. The largest absolute Gasteiger partial charge is 0.355 e. The summed E-state index contributed by atoms with van der Waals surface area (Å²) in [6, 6.07) is 19.9. The van der Waals surface area contributed by atoms with Gasteiger partial charge in [-0.2, -0.15) is 0 Å². The number of benzene rings is 2. The molecule has 0 atom stereocenters. The van der Waals surface area contributed by atoms with E-state index in [4.69, 9.17) is 0 Å². The number of fused-ring (bicyclic) bond motifs is 1. The Kier molecular flexibility index (Phi) is 6.30. The van der Waals surface area contributed by atoms with Crippen molar-refractivity contribution < 1.29 is 4.79 Å². The molecule has 2 heterocycles. The summed E-state index contributed by atoms with van der Waals surface area (Å²) < 4.78 is 0. The van der Waals surface area contributed by atoms with E-state index in [0.29, 0.717) is 21.9 Å². The standard InChI is InChI=1S/C23H21N3O2S2/c1-15-19(17-10-6-3-7-11-17)20-21(28)25-23(26-22(20)30-15)29-14-18(27)24-13-12-16-8-4-2-5-9-16/h2-11H,12-14H2,1H3,(H,24,27)(H,25,26,28). The lowest BCUT2D eigenvalue weighted by Gasteiger charge is -2.05. The van der Waals surface area contributed by atoms with Crippen molar-refractivity contribution in [3.05, 3.63) is 81.5 Å². The van der Waals surface area contributed by atoms with Crippen LogP contribution in [-0.4, -0.2) is 28.2 Å². The number of hydrogen-bond donors (Lipinski definition) is 2. The van der Waals surface area contributed by atoms with Crippen LogP contribution in [0.25, 0.3) is 21.3 Å². The summed E-state index contributed by atoms with van der Waals surface area (Å²) in [5, 5.41) is 3.99. The number of rotatable bonds is 7. The van der Waals surface area contributed by atoms with Crippen molar-refractivity contribution in [3.8, 4) is 11.1 Å². The Hall–Kier alpha value is -2.90. The monoisotopic (exact) mass is 435 g/mol. The molecule has 0 aliphatic rings. The number of carbonyl (C=O) groups excluding carboxylic acids is 1. The maximum absolute atomic E-state index is 12.8.